The molecule has 0 spiro atoms. The number of carbonyl (C=O) groups excluding carboxylic acids is 3. The highest BCUT2D eigenvalue weighted by Gasteiger charge is 2.30. The number of benzene rings is 2. The van der Waals surface area contributed by atoms with Crippen LogP contribution in [0.25, 0.3) is 0 Å². The van der Waals surface area contributed by atoms with Crippen LogP contribution in [-0.4, -0.2) is 35.6 Å². The van der Waals surface area contributed by atoms with Crippen LogP contribution in [0.15, 0.2) is 48.5 Å². The molecule has 140 valence electrons. The zero-order valence-electron chi connectivity index (χ0n) is 15.0. The number of piperidine rings is 1. The van der Waals surface area contributed by atoms with Crippen molar-refractivity contribution in [3.05, 3.63) is 65.5 Å². The number of halogens is 1. The van der Waals surface area contributed by atoms with E-state index in [9.17, 15) is 18.8 Å². The third kappa shape index (κ3) is 4.58. The van der Waals surface area contributed by atoms with E-state index in [1.54, 1.807) is 23.1 Å². The van der Waals surface area contributed by atoms with Crippen LogP contribution in [0.1, 0.15) is 40.5 Å². The second-order valence-electron chi connectivity index (χ2n) is 6.60. The van der Waals surface area contributed by atoms with Crippen molar-refractivity contribution < 1.29 is 23.5 Å². The maximum Gasteiger partial charge on any atom is 0.316 e. The number of Topliss-reactive ketones (excluding diaryl/α,β-unsaturated/α-hetero) is 1. The van der Waals surface area contributed by atoms with Crippen molar-refractivity contribution in [1.29, 1.82) is 0 Å². The van der Waals surface area contributed by atoms with Gasteiger partial charge in [0.25, 0.3) is 5.91 Å². The molecule has 1 fully saturated rings. The Bertz CT molecular complexity index is 863. The van der Waals surface area contributed by atoms with Crippen LogP contribution >= 0.6 is 0 Å². The van der Waals surface area contributed by atoms with E-state index in [0.717, 1.165) is 0 Å². The number of ether oxygens (including phenoxy) is 1. The highest BCUT2D eigenvalue weighted by atomic mass is 19.1. The molecular formula is C21H20FNO4. The van der Waals surface area contributed by atoms with Crippen molar-refractivity contribution in [2.45, 2.75) is 19.8 Å². The third-order valence-corrected chi connectivity index (χ3v) is 4.59. The van der Waals surface area contributed by atoms with Crippen molar-refractivity contribution in [3.63, 3.8) is 0 Å². The molecule has 1 aliphatic rings. The fourth-order valence-electron chi connectivity index (χ4n) is 3.11. The molecule has 5 nitrogen and oxygen atoms in total. The van der Waals surface area contributed by atoms with Gasteiger partial charge in [0.05, 0.1) is 5.92 Å². The fourth-order valence-corrected chi connectivity index (χ4v) is 3.11. The number of amides is 1. The lowest BCUT2D eigenvalue weighted by molar-refractivity contribution is -0.140. The number of rotatable bonds is 4. The summed E-state index contributed by atoms with van der Waals surface area (Å²) in [4.78, 5) is 38.1. The minimum atomic E-state index is -0.441. The first kappa shape index (κ1) is 18.8. The maximum absolute atomic E-state index is 13.0. The fraction of sp³-hybridized carbons (Fsp3) is 0.286. The number of ketones is 1. The van der Waals surface area contributed by atoms with E-state index in [4.69, 9.17) is 4.74 Å². The summed E-state index contributed by atoms with van der Waals surface area (Å²) in [6.07, 6.45) is 1.30. The van der Waals surface area contributed by atoms with Gasteiger partial charge in [-0.25, -0.2) is 4.39 Å². The van der Waals surface area contributed by atoms with Gasteiger partial charge in [-0.3, -0.25) is 14.4 Å². The molecule has 0 bridgehead atoms. The molecule has 3 rings (SSSR count). The Morgan fingerprint density at radius 3 is 2.52 bits per heavy atom. The first-order chi connectivity index (χ1) is 12.9. The van der Waals surface area contributed by atoms with Crippen LogP contribution in [-0.2, 0) is 4.79 Å². The van der Waals surface area contributed by atoms with Gasteiger partial charge in [-0.1, -0.05) is 12.1 Å². The molecule has 1 atom stereocenters. The van der Waals surface area contributed by atoms with Gasteiger partial charge in [0.2, 0.25) is 0 Å². The highest BCUT2D eigenvalue weighted by molar-refractivity contribution is 5.95. The molecule has 0 aromatic heterocycles. The molecule has 6 heteroatoms. The van der Waals surface area contributed by atoms with Gasteiger partial charge in [-0.2, -0.15) is 0 Å². The lowest BCUT2D eigenvalue weighted by Gasteiger charge is -2.31. The van der Waals surface area contributed by atoms with Gasteiger partial charge >= 0.3 is 5.97 Å². The molecule has 27 heavy (non-hydrogen) atoms. The van der Waals surface area contributed by atoms with Gasteiger partial charge in [-0.05, 0) is 56.2 Å². The molecule has 1 aliphatic heterocycles. The van der Waals surface area contributed by atoms with Crippen LogP contribution in [0.5, 0.6) is 5.75 Å². The topological polar surface area (TPSA) is 63.7 Å². The minimum Gasteiger partial charge on any atom is -0.426 e. The highest BCUT2D eigenvalue weighted by Crippen LogP contribution is 2.22. The van der Waals surface area contributed by atoms with Crippen molar-refractivity contribution in [1.82, 2.24) is 4.90 Å². The van der Waals surface area contributed by atoms with E-state index in [-0.39, 0.29) is 18.2 Å². The summed E-state index contributed by atoms with van der Waals surface area (Å²) in [6, 6.07) is 11.8. The van der Waals surface area contributed by atoms with E-state index in [2.05, 4.69) is 0 Å². The van der Waals surface area contributed by atoms with Crippen LogP contribution in [0, 0.1) is 11.7 Å². The first-order valence-corrected chi connectivity index (χ1v) is 8.81. The average Bonchev–Trinajstić information content (AvgIpc) is 2.68. The Balaban J connectivity index is 1.66. The summed E-state index contributed by atoms with van der Waals surface area (Å²) >= 11 is 0. The van der Waals surface area contributed by atoms with Crippen LogP contribution in [0.2, 0.25) is 0 Å². The van der Waals surface area contributed by atoms with Gasteiger partial charge < -0.3 is 9.64 Å². The quantitative estimate of drug-likeness (QED) is 0.470. The van der Waals surface area contributed by atoms with E-state index in [0.29, 0.717) is 36.3 Å². The van der Waals surface area contributed by atoms with Gasteiger partial charge in [0, 0.05) is 24.2 Å². The van der Waals surface area contributed by atoms with E-state index >= 15 is 0 Å². The summed E-state index contributed by atoms with van der Waals surface area (Å²) in [5.74, 6) is -1.29. The lowest BCUT2D eigenvalue weighted by atomic mass is 9.97. The second kappa shape index (κ2) is 8.12. The third-order valence-electron chi connectivity index (χ3n) is 4.59. The van der Waals surface area contributed by atoms with Crippen LogP contribution < -0.4 is 4.74 Å². The predicted molar refractivity (Wildman–Crippen MR) is 97.1 cm³/mol. The monoisotopic (exact) mass is 369 g/mol. The lowest BCUT2D eigenvalue weighted by Crippen LogP contribution is -2.43. The second-order valence-corrected chi connectivity index (χ2v) is 6.60. The largest absolute Gasteiger partial charge is 0.426 e. The van der Waals surface area contributed by atoms with E-state index < -0.39 is 17.7 Å². The molecule has 0 aliphatic carbocycles. The Kier molecular flexibility index (Phi) is 5.64. The van der Waals surface area contributed by atoms with Gasteiger partial charge in [-0.15, -0.1) is 0 Å². The number of hydrogen-bond acceptors (Lipinski definition) is 4. The zero-order valence-corrected chi connectivity index (χ0v) is 15.0. The molecule has 0 radical (unpaired) electrons. The summed E-state index contributed by atoms with van der Waals surface area (Å²) in [5, 5.41) is 0. The normalized spacial score (nSPS) is 16.7. The Hall–Kier alpha value is -3.02. The molecule has 1 amide bonds. The molecular weight excluding hydrogens is 349 g/mol. The Morgan fingerprint density at radius 2 is 1.81 bits per heavy atom. The average molecular weight is 369 g/mol. The van der Waals surface area contributed by atoms with Crippen molar-refractivity contribution >= 4 is 17.7 Å². The number of likely N-dealkylation sites (tertiary alicyclic amines) is 1. The molecule has 1 saturated heterocycles. The van der Waals surface area contributed by atoms with Crippen molar-refractivity contribution in [2.75, 3.05) is 13.1 Å². The number of hydrogen-bond donors (Lipinski definition) is 0. The van der Waals surface area contributed by atoms with Crippen LogP contribution in [0.3, 0.4) is 0 Å². The molecule has 1 unspecified atom stereocenters. The molecule has 2 aromatic rings. The first-order valence-electron chi connectivity index (χ1n) is 8.81. The van der Waals surface area contributed by atoms with Crippen molar-refractivity contribution in [3.8, 4) is 5.75 Å². The standard InChI is InChI=1S/C21H20FNO4/c1-14(24)16-4-2-6-19(12-16)27-21(26)17-5-3-11-23(13-17)20(25)15-7-9-18(22)10-8-15/h2,4,6-10,12,17H,3,5,11,13H2,1H3. The summed E-state index contributed by atoms with van der Waals surface area (Å²) in [7, 11) is 0. The summed E-state index contributed by atoms with van der Waals surface area (Å²) in [5.41, 5.74) is 0.858. The smallest absolute Gasteiger partial charge is 0.316 e. The molecule has 2 aromatic carbocycles. The number of nitrogens with zero attached hydrogens (tertiary/aromatic N) is 1. The maximum atomic E-state index is 13.0. The number of carbonyl (C=O) groups is 3. The van der Waals surface area contributed by atoms with E-state index in [1.807, 2.05) is 0 Å². The summed E-state index contributed by atoms with van der Waals surface area (Å²) < 4.78 is 18.5. The number of esters is 1. The Labute approximate surface area is 156 Å². The van der Waals surface area contributed by atoms with Crippen LogP contribution in [0.4, 0.5) is 4.39 Å². The summed E-state index contributed by atoms with van der Waals surface area (Å²) in [6.45, 7) is 2.24. The molecule has 0 saturated carbocycles. The Morgan fingerprint density at radius 1 is 1.07 bits per heavy atom. The van der Waals surface area contributed by atoms with Gasteiger partial charge in [0.15, 0.2) is 5.78 Å². The molecule has 0 N–H and O–H groups in total. The van der Waals surface area contributed by atoms with Gasteiger partial charge in [0.1, 0.15) is 11.6 Å². The predicted octanol–water partition coefficient (Wildman–Crippen LogP) is 3.49. The minimum absolute atomic E-state index is 0.110. The zero-order chi connectivity index (χ0) is 19.4. The SMILES string of the molecule is CC(=O)c1cccc(OC(=O)C2CCCN(C(=O)c3ccc(F)cc3)C2)c1. The van der Waals surface area contributed by atoms with Crippen molar-refractivity contribution in [2.24, 2.45) is 5.92 Å². The molecule has 1 heterocycles. The van der Waals surface area contributed by atoms with E-state index in [1.165, 1.54) is 37.3 Å².